The number of ether oxygens (including phenoxy) is 1. The summed E-state index contributed by atoms with van der Waals surface area (Å²) < 4.78 is 18.5. The lowest BCUT2D eigenvalue weighted by atomic mass is 10.3. The van der Waals surface area contributed by atoms with E-state index in [1.807, 2.05) is 0 Å². The van der Waals surface area contributed by atoms with Gasteiger partial charge in [-0.15, -0.1) is 0 Å². The number of aromatic nitrogens is 1. The molecule has 0 radical (unpaired) electrons. The Hall–Kier alpha value is -2.02. The largest absolute Gasteiger partial charge is 0.434 e. The maximum absolute atomic E-state index is 13.0. The molecule has 1 aromatic heterocycles. The topological polar surface area (TPSA) is 65.3 Å². The summed E-state index contributed by atoms with van der Waals surface area (Å²) in [6, 6.07) is 6.63. The number of rotatable bonds is 3. The maximum Gasteiger partial charge on any atom is 0.331 e. The van der Waals surface area contributed by atoms with E-state index in [0.29, 0.717) is 0 Å². The lowest BCUT2D eigenvalue weighted by Gasteiger charge is -2.05. The predicted octanol–water partition coefficient (Wildman–Crippen LogP) is 3.68. The molecule has 18 heavy (non-hydrogen) atoms. The molecule has 2 rings (SSSR count). The van der Waals surface area contributed by atoms with Gasteiger partial charge in [-0.05, 0) is 40.2 Å². The van der Waals surface area contributed by atoms with Crippen molar-refractivity contribution in [2.45, 2.75) is 0 Å². The van der Waals surface area contributed by atoms with Gasteiger partial charge in [0.2, 0.25) is 0 Å². The van der Waals surface area contributed by atoms with Crippen molar-refractivity contribution in [3.63, 3.8) is 0 Å². The van der Waals surface area contributed by atoms with Gasteiger partial charge in [0.05, 0.1) is 9.40 Å². The summed E-state index contributed by atoms with van der Waals surface area (Å²) >= 11 is 3.00. The Morgan fingerprint density at radius 2 is 2.17 bits per heavy atom. The Morgan fingerprint density at radius 1 is 1.39 bits per heavy atom. The van der Waals surface area contributed by atoms with Gasteiger partial charge < -0.3 is 4.74 Å². The minimum Gasteiger partial charge on any atom is -0.434 e. The molecule has 92 valence electrons. The van der Waals surface area contributed by atoms with Gasteiger partial charge in [0.15, 0.2) is 0 Å². The van der Waals surface area contributed by atoms with E-state index in [1.165, 1.54) is 36.5 Å². The molecular weight excluding hydrogens is 307 g/mol. The van der Waals surface area contributed by atoms with Gasteiger partial charge >= 0.3 is 5.69 Å². The van der Waals surface area contributed by atoms with Crippen molar-refractivity contribution in [2.75, 3.05) is 0 Å². The normalized spacial score (nSPS) is 10.1. The van der Waals surface area contributed by atoms with E-state index in [9.17, 15) is 14.5 Å². The maximum atomic E-state index is 13.0. The molecule has 1 aromatic carbocycles. The second-order valence-electron chi connectivity index (χ2n) is 3.26. The fourth-order valence-corrected chi connectivity index (χ4v) is 1.61. The van der Waals surface area contributed by atoms with Crippen LogP contribution in [0.15, 0.2) is 41.0 Å². The average Bonchev–Trinajstić information content (AvgIpc) is 2.34. The summed E-state index contributed by atoms with van der Waals surface area (Å²) in [6.45, 7) is 0. The molecule has 0 spiro atoms. The third-order valence-electron chi connectivity index (χ3n) is 2.05. The Labute approximate surface area is 110 Å². The first-order chi connectivity index (χ1) is 8.58. The summed E-state index contributed by atoms with van der Waals surface area (Å²) in [5.74, 6) is -0.330. The number of halogens is 2. The van der Waals surface area contributed by atoms with Crippen LogP contribution in [-0.4, -0.2) is 9.91 Å². The van der Waals surface area contributed by atoms with Crippen LogP contribution in [0.25, 0.3) is 0 Å². The van der Waals surface area contributed by atoms with E-state index in [2.05, 4.69) is 20.9 Å². The quantitative estimate of drug-likeness (QED) is 0.640. The van der Waals surface area contributed by atoms with Gasteiger partial charge in [-0.2, -0.15) is 0 Å². The molecule has 7 heteroatoms. The summed E-state index contributed by atoms with van der Waals surface area (Å²) in [6.07, 6.45) is 1.38. The molecule has 1 heterocycles. The van der Waals surface area contributed by atoms with Crippen LogP contribution in [0.4, 0.5) is 10.1 Å². The van der Waals surface area contributed by atoms with Gasteiger partial charge in [0, 0.05) is 12.3 Å². The van der Waals surface area contributed by atoms with E-state index in [4.69, 9.17) is 4.74 Å². The molecule has 0 aliphatic heterocycles. The Kier molecular flexibility index (Phi) is 3.52. The van der Waals surface area contributed by atoms with Crippen LogP contribution in [-0.2, 0) is 0 Å². The predicted molar refractivity (Wildman–Crippen MR) is 65.1 cm³/mol. The summed E-state index contributed by atoms with van der Waals surface area (Å²) in [7, 11) is 0. The van der Waals surface area contributed by atoms with Gasteiger partial charge in [-0.3, -0.25) is 10.1 Å². The van der Waals surface area contributed by atoms with Crippen molar-refractivity contribution in [3.05, 3.63) is 56.9 Å². The minimum atomic E-state index is -0.596. The number of pyridine rings is 1. The number of hydrogen-bond donors (Lipinski definition) is 0. The van der Waals surface area contributed by atoms with E-state index in [0.717, 1.165) is 0 Å². The fourth-order valence-electron chi connectivity index (χ4n) is 1.25. The second-order valence-corrected chi connectivity index (χ2v) is 4.12. The molecular formula is C11H6BrFN2O3. The third-order valence-corrected chi connectivity index (χ3v) is 2.66. The van der Waals surface area contributed by atoms with Crippen molar-refractivity contribution in [1.82, 2.24) is 4.98 Å². The molecule has 0 amide bonds. The van der Waals surface area contributed by atoms with E-state index < -0.39 is 10.7 Å². The number of nitrogens with zero attached hydrogens (tertiary/aromatic N) is 2. The Morgan fingerprint density at radius 3 is 2.83 bits per heavy atom. The van der Waals surface area contributed by atoms with Crippen molar-refractivity contribution in [2.24, 2.45) is 0 Å². The van der Waals surface area contributed by atoms with Crippen LogP contribution in [0.1, 0.15) is 0 Å². The average molecular weight is 313 g/mol. The zero-order chi connectivity index (χ0) is 13.1. The Bertz CT molecular complexity index is 607. The monoisotopic (exact) mass is 312 g/mol. The van der Waals surface area contributed by atoms with Crippen LogP contribution in [0.2, 0.25) is 0 Å². The van der Waals surface area contributed by atoms with Crippen molar-refractivity contribution in [1.29, 1.82) is 0 Å². The smallest absolute Gasteiger partial charge is 0.331 e. The van der Waals surface area contributed by atoms with Gasteiger partial charge in [-0.25, -0.2) is 9.37 Å². The van der Waals surface area contributed by atoms with Crippen LogP contribution in [0.5, 0.6) is 11.6 Å². The van der Waals surface area contributed by atoms with Gasteiger partial charge in [-0.1, -0.05) is 0 Å². The Balaban J connectivity index is 2.34. The second kappa shape index (κ2) is 5.09. The lowest BCUT2D eigenvalue weighted by Crippen LogP contribution is -1.95. The van der Waals surface area contributed by atoms with Gasteiger partial charge in [0.25, 0.3) is 5.88 Å². The highest BCUT2D eigenvalue weighted by Gasteiger charge is 2.16. The molecule has 0 N–H and O–H groups in total. The highest BCUT2D eigenvalue weighted by atomic mass is 79.9. The standard InChI is InChI=1S/C11H6BrFN2O3/c12-8-6-7(3-4-9(8)13)18-11-10(15(16)17)2-1-5-14-11/h1-6H. The fraction of sp³-hybridized carbons (Fsp3) is 0. The van der Waals surface area contributed by atoms with Gasteiger partial charge in [0.1, 0.15) is 11.6 Å². The minimum absolute atomic E-state index is 0.138. The summed E-state index contributed by atoms with van der Waals surface area (Å²) in [5.41, 5.74) is -0.252. The van der Waals surface area contributed by atoms with Crippen molar-refractivity contribution < 1.29 is 14.1 Å². The van der Waals surface area contributed by atoms with E-state index in [-0.39, 0.29) is 21.8 Å². The third kappa shape index (κ3) is 2.62. The summed E-state index contributed by atoms with van der Waals surface area (Å²) in [4.78, 5) is 13.9. The van der Waals surface area contributed by atoms with Crippen LogP contribution < -0.4 is 4.74 Å². The zero-order valence-electron chi connectivity index (χ0n) is 8.84. The molecule has 0 bridgehead atoms. The number of benzene rings is 1. The van der Waals surface area contributed by atoms with Crippen molar-refractivity contribution in [3.8, 4) is 11.6 Å². The van der Waals surface area contributed by atoms with E-state index >= 15 is 0 Å². The molecule has 0 atom stereocenters. The molecule has 0 aliphatic carbocycles. The number of nitro groups is 1. The first-order valence-electron chi connectivity index (χ1n) is 4.80. The summed E-state index contributed by atoms with van der Waals surface area (Å²) in [5, 5.41) is 10.7. The van der Waals surface area contributed by atoms with Crippen LogP contribution >= 0.6 is 15.9 Å². The molecule has 2 aromatic rings. The molecule has 0 aliphatic rings. The van der Waals surface area contributed by atoms with E-state index in [1.54, 1.807) is 0 Å². The number of hydrogen-bond acceptors (Lipinski definition) is 4. The van der Waals surface area contributed by atoms with Crippen LogP contribution in [0.3, 0.4) is 0 Å². The highest BCUT2D eigenvalue weighted by molar-refractivity contribution is 9.10. The zero-order valence-corrected chi connectivity index (χ0v) is 10.4. The highest BCUT2D eigenvalue weighted by Crippen LogP contribution is 2.30. The first-order valence-corrected chi connectivity index (χ1v) is 5.59. The molecule has 0 fully saturated rings. The van der Waals surface area contributed by atoms with Crippen molar-refractivity contribution >= 4 is 21.6 Å². The molecule has 5 nitrogen and oxygen atoms in total. The molecule has 0 saturated carbocycles. The van der Waals surface area contributed by atoms with Crippen LogP contribution in [0, 0.1) is 15.9 Å². The first kappa shape index (κ1) is 12.4. The SMILES string of the molecule is O=[N+]([O-])c1cccnc1Oc1ccc(F)c(Br)c1. The molecule has 0 unspecified atom stereocenters. The lowest BCUT2D eigenvalue weighted by molar-refractivity contribution is -0.386. The molecule has 0 saturated heterocycles.